The molecule has 0 unspecified atom stereocenters. The number of nitrogens with two attached hydrogens (primary N) is 1. The van der Waals surface area contributed by atoms with Gasteiger partial charge in [0.05, 0.1) is 11.1 Å². The van der Waals surface area contributed by atoms with Crippen LogP contribution in [0.1, 0.15) is 51.4 Å². The van der Waals surface area contributed by atoms with Crippen LogP contribution < -0.4 is 11.1 Å². The third-order valence-electron chi connectivity index (χ3n) is 4.06. The fourth-order valence-corrected chi connectivity index (χ4v) is 2.86. The molecule has 0 atom stereocenters. The lowest BCUT2D eigenvalue weighted by Gasteiger charge is -2.27. The molecule has 2 saturated carbocycles. The van der Waals surface area contributed by atoms with Crippen molar-refractivity contribution >= 4 is 5.91 Å². The Morgan fingerprint density at radius 1 is 1.12 bits per heavy atom. The molecule has 4 nitrogen and oxygen atoms in total. The van der Waals surface area contributed by atoms with Crippen molar-refractivity contribution in [1.29, 1.82) is 0 Å². The predicted octanol–water partition coefficient (Wildman–Crippen LogP) is 0.679. The topological polar surface area (TPSA) is 75.4 Å². The third kappa shape index (κ3) is 2.38. The molecule has 1 amide bonds. The van der Waals surface area contributed by atoms with Gasteiger partial charge in [0.25, 0.3) is 0 Å². The van der Waals surface area contributed by atoms with Crippen molar-refractivity contribution < 1.29 is 9.90 Å². The van der Waals surface area contributed by atoms with Gasteiger partial charge in [-0.2, -0.15) is 0 Å². The van der Waals surface area contributed by atoms with E-state index in [-0.39, 0.29) is 5.91 Å². The van der Waals surface area contributed by atoms with Gasteiger partial charge in [0.1, 0.15) is 0 Å². The standard InChI is InChI=1S/C12H22N2O2/c13-12(7-3-4-8-12)10(15)14-9-11(16)5-1-2-6-11/h16H,1-9,13H2,(H,14,15). The first-order valence-corrected chi connectivity index (χ1v) is 6.34. The van der Waals surface area contributed by atoms with Crippen molar-refractivity contribution in [1.82, 2.24) is 5.32 Å². The highest BCUT2D eigenvalue weighted by molar-refractivity contribution is 5.86. The first-order chi connectivity index (χ1) is 7.54. The summed E-state index contributed by atoms with van der Waals surface area (Å²) < 4.78 is 0. The van der Waals surface area contributed by atoms with Gasteiger partial charge in [-0.1, -0.05) is 25.7 Å². The van der Waals surface area contributed by atoms with E-state index in [1.165, 1.54) is 0 Å². The van der Waals surface area contributed by atoms with Gasteiger partial charge in [0.2, 0.25) is 5.91 Å². The Kier molecular flexibility index (Phi) is 3.22. The minimum atomic E-state index is -0.676. The van der Waals surface area contributed by atoms with Gasteiger partial charge >= 0.3 is 0 Å². The van der Waals surface area contributed by atoms with Crippen LogP contribution in [0.2, 0.25) is 0 Å². The van der Waals surface area contributed by atoms with Crippen LogP contribution >= 0.6 is 0 Å². The third-order valence-corrected chi connectivity index (χ3v) is 4.06. The second kappa shape index (κ2) is 4.34. The molecule has 0 spiro atoms. The molecule has 2 aliphatic rings. The van der Waals surface area contributed by atoms with E-state index in [9.17, 15) is 9.90 Å². The molecule has 4 heteroatoms. The Morgan fingerprint density at radius 3 is 2.19 bits per heavy atom. The second-order valence-corrected chi connectivity index (χ2v) is 5.48. The number of carbonyl (C=O) groups excluding carboxylic acids is 1. The predicted molar refractivity (Wildman–Crippen MR) is 61.8 cm³/mol. The quantitative estimate of drug-likeness (QED) is 0.662. The maximum Gasteiger partial charge on any atom is 0.240 e. The number of amides is 1. The molecule has 0 saturated heterocycles. The summed E-state index contributed by atoms with van der Waals surface area (Å²) in [7, 11) is 0. The van der Waals surface area contributed by atoms with Crippen LogP contribution in [0.15, 0.2) is 0 Å². The molecule has 2 fully saturated rings. The van der Waals surface area contributed by atoms with Crippen LogP contribution in [-0.4, -0.2) is 28.7 Å². The average molecular weight is 226 g/mol. The molecule has 0 aromatic rings. The highest BCUT2D eigenvalue weighted by Gasteiger charge is 2.38. The number of hydrogen-bond donors (Lipinski definition) is 3. The van der Waals surface area contributed by atoms with Crippen molar-refractivity contribution in [2.24, 2.45) is 5.73 Å². The van der Waals surface area contributed by atoms with Gasteiger partial charge in [0.15, 0.2) is 0 Å². The molecule has 0 heterocycles. The molecule has 92 valence electrons. The van der Waals surface area contributed by atoms with E-state index in [4.69, 9.17) is 5.73 Å². The second-order valence-electron chi connectivity index (χ2n) is 5.48. The normalized spacial score (nSPS) is 26.9. The minimum absolute atomic E-state index is 0.0784. The van der Waals surface area contributed by atoms with Gasteiger partial charge in [-0.15, -0.1) is 0 Å². The molecule has 2 rings (SSSR count). The van der Waals surface area contributed by atoms with Gasteiger partial charge in [0, 0.05) is 6.54 Å². The van der Waals surface area contributed by atoms with E-state index >= 15 is 0 Å². The van der Waals surface area contributed by atoms with E-state index < -0.39 is 11.1 Å². The van der Waals surface area contributed by atoms with Crippen LogP contribution in [0.3, 0.4) is 0 Å². The largest absolute Gasteiger partial charge is 0.388 e. The zero-order valence-electron chi connectivity index (χ0n) is 9.80. The average Bonchev–Trinajstić information content (AvgIpc) is 2.86. The zero-order chi connectivity index (χ0) is 11.6. The van der Waals surface area contributed by atoms with Crippen LogP contribution in [-0.2, 0) is 4.79 Å². The molecule has 16 heavy (non-hydrogen) atoms. The Hall–Kier alpha value is -0.610. The Balaban J connectivity index is 1.83. The van der Waals surface area contributed by atoms with Crippen molar-refractivity contribution in [3.63, 3.8) is 0 Å². The summed E-state index contributed by atoms with van der Waals surface area (Å²) in [6, 6.07) is 0. The van der Waals surface area contributed by atoms with E-state index in [0.717, 1.165) is 51.4 Å². The van der Waals surface area contributed by atoms with E-state index in [2.05, 4.69) is 5.32 Å². The van der Waals surface area contributed by atoms with Gasteiger partial charge in [-0.25, -0.2) is 0 Å². The highest BCUT2D eigenvalue weighted by Crippen LogP contribution is 2.30. The number of carbonyl (C=O) groups is 1. The van der Waals surface area contributed by atoms with E-state index in [1.807, 2.05) is 0 Å². The van der Waals surface area contributed by atoms with E-state index in [1.54, 1.807) is 0 Å². The molecule has 0 radical (unpaired) electrons. The maximum atomic E-state index is 11.9. The lowest BCUT2D eigenvalue weighted by atomic mass is 9.96. The lowest BCUT2D eigenvalue weighted by molar-refractivity contribution is -0.127. The Bertz CT molecular complexity index is 266. The first-order valence-electron chi connectivity index (χ1n) is 6.34. The molecular formula is C12H22N2O2. The number of hydrogen-bond acceptors (Lipinski definition) is 3. The van der Waals surface area contributed by atoms with Crippen molar-refractivity contribution in [3.05, 3.63) is 0 Å². The molecule has 4 N–H and O–H groups in total. The fraction of sp³-hybridized carbons (Fsp3) is 0.917. The maximum absolute atomic E-state index is 11.9. The number of nitrogens with one attached hydrogen (secondary N) is 1. The molecule has 0 aromatic heterocycles. The summed E-state index contributed by atoms with van der Waals surface area (Å²) >= 11 is 0. The smallest absolute Gasteiger partial charge is 0.240 e. The summed E-state index contributed by atoms with van der Waals surface area (Å²) in [5, 5.41) is 12.9. The number of rotatable bonds is 3. The number of aliphatic hydroxyl groups is 1. The monoisotopic (exact) mass is 226 g/mol. The molecular weight excluding hydrogens is 204 g/mol. The van der Waals surface area contributed by atoms with Crippen LogP contribution in [0.4, 0.5) is 0 Å². The Labute approximate surface area is 96.6 Å². The highest BCUT2D eigenvalue weighted by atomic mass is 16.3. The summed E-state index contributed by atoms with van der Waals surface area (Å²) in [6.07, 6.45) is 7.33. The van der Waals surface area contributed by atoms with Crippen LogP contribution in [0.5, 0.6) is 0 Å². The van der Waals surface area contributed by atoms with Crippen LogP contribution in [0, 0.1) is 0 Å². The van der Waals surface area contributed by atoms with Crippen molar-refractivity contribution in [3.8, 4) is 0 Å². The summed E-state index contributed by atoms with van der Waals surface area (Å²) in [6.45, 7) is 0.366. The molecule has 0 bridgehead atoms. The van der Waals surface area contributed by atoms with Crippen molar-refractivity contribution in [2.75, 3.05) is 6.54 Å². The lowest BCUT2D eigenvalue weighted by Crippen LogP contribution is -2.54. The van der Waals surface area contributed by atoms with Gasteiger partial charge in [-0.05, 0) is 25.7 Å². The fourth-order valence-electron chi connectivity index (χ4n) is 2.86. The van der Waals surface area contributed by atoms with Crippen molar-refractivity contribution in [2.45, 2.75) is 62.5 Å². The summed E-state index contributed by atoms with van der Waals surface area (Å²) in [5.74, 6) is -0.0784. The molecule has 2 aliphatic carbocycles. The Morgan fingerprint density at radius 2 is 1.62 bits per heavy atom. The minimum Gasteiger partial charge on any atom is -0.388 e. The van der Waals surface area contributed by atoms with Gasteiger partial charge < -0.3 is 16.2 Å². The summed E-state index contributed by atoms with van der Waals surface area (Å²) in [4.78, 5) is 11.9. The van der Waals surface area contributed by atoms with Crippen LogP contribution in [0.25, 0.3) is 0 Å². The SMILES string of the molecule is NC1(C(=O)NCC2(O)CCCC2)CCCC1. The zero-order valence-corrected chi connectivity index (χ0v) is 9.80. The summed E-state index contributed by atoms with van der Waals surface area (Å²) in [5.41, 5.74) is 4.69. The molecule has 0 aliphatic heterocycles. The first kappa shape index (κ1) is 11.9. The van der Waals surface area contributed by atoms with Gasteiger partial charge in [-0.3, -0.25) is 4.79 Å². The molecule has 0 aromatic carbocycles. The van der Waals surface area contributed by atoms with E-state index in [0.29, 0.717) is 6.54 Å².